The molecule has 10 heteroatoms. The maximum Gasteiger partial charge on any atom is 0.262 e. The third-order valence-corrected chi connectivity index (χ3v) is 9.17. The number of piperidine rings is 1. The number of rotatable bonds is 6. The highest BCUT2D eigenvalue weighted by Crippen LogP contribution is 2.28. The Kier molecular flexibility index (Phi) is 7.19. The monoisotopic (exact) mass is 495 g/mol. The molecule has 2 saturated heterocycles. The van der Waals surface area contributed by atoms with E-state index in [2.05, 4.69) is 5.32 Å². The first-order valence-corrected chi connectivity index (χ1v) is 13.4. The van der Waals surface area contributed by atoms with E-state index in [1.165, 1.54) is 27.8 Å². The lowest BCUT2D eigenvalue weighted by molar-refractivity contribution is -0.133. The van der Waals surface area contributed by atoms with Crippen molar-refractivity contribution in [1.82, 2.24) is 14.5 Å². The Labute approximate surface area is 197 Å². The fourth-order valence-corrected chi connectivity index (χ4v) is 6.56. The molecule has 2 aliphatic heterocycles. The summed E-state index contributed by atoms with van der Waals surface area (Å²) in [7, 11) is -3.63. The van der Waals surface area contributed by atoms with Gasteiger partial charge in [-0.25, -0.2) is 8.42 Å². The van der Waals surface area contributed by atoms with E-state index < -0.39 is 16.1 Å². The van der Waals surface area contributed by atoms with Gasteiger partial charge in [0.2, 0.25) is 15.9 Å². The quantitative estimate of drug-likeness (QED) is 0.666. The average Bonchev–Trinajstić information content (AvgIpc) is 3.52. The molecule has 0 spiro atoms. The van der Waals surface area contributed by atoms with E-state index in [0.29, 0.717) is 48.9 Å². The van der Waals surface area contributed by atoms with Crippen LogP contribution in [0.15, 0.2) is 46.7 Å². The molecule has 0 bridgehead atoms. The van der Waals surface area contributed by atoms with Crippen molar-refractivity contribution in [2.24, 2.45) is 5.92 Å². The Morgan fingerprint density at radius 3 is 2.28 bits per heavy atom. The molecular weight excluding hydrogens is 470 g/mol. The second-order valence-corrected chi connectivity index (χ2v) is 11.5. The highest BCUT2D eigenvalue weighted by atomic mass is 35.5. The van der Waals surface area contributed by atoms with E-state index in [4.69, 9.17) is 11.6 Å². The molecule has 32 heavy (non-hydrogen) atoms. The SMILES string of the molecule is O=C(NC(C(=O)N1CCCC1)C1CCN(S(=O)(=O)c2ccc(Cl)cc2)CC1)c1cccs1. The summed E-state index contributed by atoms with van der Waals surface area (Å²) >= 11 is 7.22. The van der Waals surface area contributed by atoms with Crippen LogP contribution in [0.5, 0.6) is 0 Å². The molecule has 1 unspecified atom stereocenters. The van der Waals surface area contributed by atoms with Crippen molar-refractivity contribution in [2.45, 2.75) is 36.6 Å². The van der Waals surface area contributed by atoms with Gasteiger partial charge in [0, 0.05) is 31.2 Å². The molecule has 2 amide bonds. The van der Waals surface area contributed by atoms with Crippen molar-refractivity contribution in [3.8, 4) is 0 Å². The minimum atomic E-state index is -3.63. The molecule has 0 aliphatic carbocycles. The second kappa shape index (κ2) is 9.91. The summed E-state index contributed by atoms with van der Waals surface area (Å²) in [4.78, 5) is 28.6. The predicted molar refractivity (Wildman–Crippen MR) is 124 cm³/mol. The first kappa shape index (κ1) is 23.2. The first-order valence-electron chi connectivity index (χ1n) is 10.7. The Bertz CT molecular complexity index is 1040. The fourth-order valence-electron chi connectivity index (χ4n) is 4.34. The van der Waals surface area contributed by atoms with Crippen LogP contribution in [0.3, 0.4) is 0 Å². The number of thiophene rings is 1. The summed E-state index contributed by atoms with van der Waals surface area (Å²) in [5.41, 5.74) is 0. The van der Waals surface area contributed by atoms with Gasteiger partial charge in [0.15, 0.2) is 0 Å². The lowest BCUT2D eigenvalue weighted by Crippen LogP contribution is -2.54. The third kappa shape index (κ3) is 5.01. The molecule has 0 radical (unpaired) electrons. The van der Waals surface area contributed by atoms with Crippen LogP contribution in [-0.2, 0) is 14.8 Å². The van der Waals surface area contributed by atoms with E-state index in [1.807, 2.05) is 10.3 Å². The van der Waals surface area contributed by atoms with Gasteiger partial charge >= 0.3 is 0 Å². The van der Waals surface area contributed by atoms with Crippen LogP contribution in [0.4, 0.5) is 0 Å². The summed E-state index contributed by atoms with van der Waals surface area (Å²) in [6, 6.07) is 9.02. The lowest BCUT2D eigenvalue weighted by atomic mass is 9.89. The van der Waals surface area contributed by atoms with Crippen molar-refractivity contribution in [2.75, 3.05) is 26.2 Å². The summed E-state index contributed by atoms with van der Waals surface area (Å²) in [5, 5.41) is 5.26. The molecule has 1 N–H and O–H groups in total. The Morgan fingerprint density at radius 2 is 1.69 bits per heavy atom. The molecule has 4 rings (SSSR count). The third-order valence-electron chi connectivity index (χ3n) is 6.14. The minimum absolute atomic E-state index is 0.0635. The Balaban J connectivity index is 1.47. The van der Waals surface area contributed by atoms with E-state index in [9.17, 15) is 18.0 Å². The van der Waals surface area contributed by atoms with Crippen LogP contribution < -0.4 is 5.32 Å². The Hall–Kier alpha value is -1.94. The number of amides is 2. The topological polar surface area (TPSA) is 86.8 Å². The van der Waals surface area contributed by atoms with Gasteiger partial charge in [0.05, 0.1) is 9.77 Å². The van der Waals surface area contributed by atoms with E-state index in [-0.39, 0.29) is 22.6 Å². The molecule has 0 saturated carbocycles. The molecule has 172 valence electrons. The number of carbonyl (C=O) groups excluding carboxylic acids is 2. The van der Waals surface area contributed by atoms with Crippen LogP contribution in [0.25, 0.3) is 0 Å². The largest absolute Gasteiger partial charge is 0.341 e. The standard InChI is InChI=1S/C22H26ClN3O4S2/c23-17-5-7-18(8-6-17)32(29,30)26-13-9-16(10-14-26)20(22(28)25-11-1-2-12-25)24-21(27)19-4-3-15-31-19/h3-8,15-16,20H,1-2,9-14H2,(H,24,27). The zero-order valence-electron chi connectivity index (χ0n) is 17.6. The van der Waals surface area contributed by atoms with Gasteiger partial charge in [-0.2, -0.15) is 4.31 Å². The Morgan fingerprint density at radius 1 is 1.03 bits per heavy atom. The highest BCUT2D eigenvalue weighted by Gasteiger charge is 2.38. The van der Waals surface area contributed by atoms with E-state index in [1.54, 1.807) is 24.3 Å². The van der Waals surface area contributed by atoms with Gasteiger partial charge < -0.3 is 10.2 Å². The van der Waals surface area contributed by atoms with E-state index in [0.717, 1.165) is 12.8 Å². The van der Waals surface area contributed by atoms with E-state index >= 15 is 0 Å². The van der Waals surface area contributed by atoms with Crippen LogP contribution in [0.1, 0.15) is 35.4 Å². The van der Waals surface area contributed by atoms with Crippen molar-refractivity contribution < 1.29 is 18.0 Å². The molecule has 1 aromatic heterocycles. The summed E-state index contributed by atoms with van der Waals surface area (Å²) in [6.45, 7) is 2.00. The maximum absolute atomic E-state index is 13.3. The number of benzene rings is 1. The number of hydrogen-bond donors (Lipinski definition) is 1. The first-order chi connectivity index (χ1) is 15.4. The molecule has 1 aromatic carbocycles. The van der Waals surface area contributed by atoms with Crippen LogP contribution in [-0.4, -0.2) is 61.7 Å². The van der Waals surface area contributed by atoms with Gasteiger partial charge in [-0.3, -0.25) is 9.59 Å². The smallest absolute Gasteiger partial charge is 0.262 e. The van der Waals surface area contributed by atoms with Gasteiger partial charge in [-0.05, 0) is 67.3 Å². The number of nitrogens with one attached hydrogen (secondary N) is 1. The van der Waals surface area contributed by atoms with Crippen molar-refractivity contribution in [3.63, 3.8) is 0 Å². The molecule has 2 fully saturated rings. The number of likely N-dealkylation sites (tertiary alicyclic amines) is 1. The number of halogens is 1. The maximum atomic E-state index is 13.3. The van der Waals surface area contributed by atoms with Crippen LogP contribution >= 0.6 is 22.9 Å². The van der Waals surface area contributed by atoms with Crippen molar-refractivity contribution in [3.05, 3.63) is 51.7 Å². The van der Waals surface area contributed by atoms with Gasteiger partial charge in [-0.15, -0.1) is 11.3 Å². The molecule has 7 nitrogen and oxygen atoms in total. The summed E-state index contributed by atoms with van der Waals surface area (Å²) in [5.74, 6) is -0.441. The summed E-state index contributed by atoms with van der Waals surface area (Å²) < 4.78 is 27.4. The van der Waals surface area contributed by atoms with Gasteiger partial charge in [-0.1, -0.05) is 17.7 Å². The zero-order valence-corrected chi connectivity index (χ0v) is 20.0. The molecule has 2 aromatic rings. The highest BCUT2D eigenvalue weighted by molar-refractivity contribution is 7.89. The molecule has 1 atom stereocenters. The fraction of sp³-hybridized carbons (Fsp3) is 0.455. The zero-order chi connectivity index (χ0) is 22.7. The van der Waals surface area contributed by atoms with Gasteiger partial charge in [0.25, 0.3) is 5.91 Å². The van der Waals surface area contributed by atoms with Crippen LogP contribution in [0.2, 0.25) is 5.02 Å². The average molecular weight is 496 g/mol. The molecular formula is C22H26ClN3O4S2. The van der Waals surface area contributed by atoms with Gasteiger partial charge in [0.1, 0.15) is 6.04 Å². The number of sulfonamides is 1. The molecule has 3 heterocycles. The lowest BCUT2D eigenvalue weighted by Gasteiger charge is -2.36. The number of carbonyl (C=O) groups is 2. The second-order valence-electron chi connectivity index (χ2n) is 8.16. The number of hydrogen-bond acceptors (Lipinski definition) is 5. The minimum Gasteiger partial charge on any atom is -0.341 e. The summed E-state index contributed by atoms with van der Waals surface area (Å²) in [6.07, 6.45) is 2.94. The van der Waals surface area contributed by atoms with Crippen LogP contribution in [0, 0.1) is 5.92 Å². The normalized spacial score (nSPS) is 19.1. The van der Waals surface area contributed by atoms with Crippen molar-refractivity contribution in [1.29, 1.82) is 0 Å². The van der Waals surface area contributed by atoms with Crippen molar-refractivity contribution >= 4 is 44.8 Å². The molecule has 2 aliphatic rings. The number of nitrogens with zero attached hydrogens (tertiary/aromatic N) is 2. The predicted octanol–water partition coefficient (Wildman–Crippen LogP) is 3.22.